The molecule has 1 unspecified atom stereocenters. The molecule has 116 valence electrons. The third-order valence-electron chi connectivity index (χ3n) is 3.39. The van der Waals surface area contributed by atoms with Crippen molar-refractivity contribution in [1.29, 1.82) is 0 Å². The maximum Gasteiger partial charge on any atom is 0.308 e. The number of carbonyl (C=O) groups excluding carboxylic acids is 1. The van der Waals surface area contributed by atoms with Crippen LogP contribution in [-0.4, -0.2) is 45.7 Å². The van der Waals surface area contributed by atoms with E-state index in [1.165, 1.54) is 18.9 Å². The molecule has 0 radical (unpaired) electrons. The van der Waals surface area contributed by atoms with Crippen molar-refractivity contribution in [3.63, 3.8) is 0 Å². The number of carbonyl (C=O) groups is 2. The van der Waals surface area contributed by atoms with E-state index in [1.54, 1.807) is 0 Å². The zero-order valence-corrected chi connectivity index (χ0v) is 12.8. The molecule has 7 heteroatoms. The van der Waals surface area contributed by atoms with Crippen LogP contribution in [0.25, 0.3) is 0 Å². The molecular weight excluding hydrogens is 274 g/mol. The number of nitrogens with zero attached hydrogens (tertiary/aromatic N) is 2. The number of amides is 1. The van der Waals surface area contributed by atoms with Crippen molar-refractivity contribution in [3.8, 4) is 0 Å². The molecule has 1 aromatic rings. The third-order valence-corrected chi connectivity index (χ3v) is 3.39. The Morgan fingerprint density at radius 3 is 2.43 bits per heavy atom. The van der Waals surface area contributed by atoms with Gasteiger partial charge in [-0.25, -0.2) is 5.10 Å². The van der Waals surface area contributed by atoms with Crippen LogP contribution in [-0.2, 0) is 17.6 Å². The molecule has 1 heterocycles. The van der Waals surface area contributed by atoms with E-state index >= 15 is 0 Å². The number of aromatic amines is 1. The second-order valence-corrected chi connectivity index (χ2v) is 4.99. The molecule has 0 aromatic carbocycles. The van der Waals surface area contributed by atoms with E-state index in [2.05, 4.69) is 10.2 Å². The number of aromatic nitrogens is 2. The molecule has 1 rings (SSSR count). The maximum absolute atomic E-state index is 12.5. The van der Waals surface area contributed by atoms with Crippen molar-refractivity contribution in [2.24, 2.45) is 5.92 Å². The summed E-state index contributed by atoms with van der Waals surface area (Å²) in [4.78, 5) is 36.5. The number of hydrogen-bond acceptors (Lipinski definition) is 4. The normalized spacial score (nSPS) is 12.0. The van der Waals surface area contributed by atoms with E-state index in [-0.39, 0.29) is 12.1 Å². The molecule has 0 fully saturated rings. The summed E-state index contributed by atoms with van der Waals surface area (Å²) in [7, 11) is 1.49. The fourth-order valence-corrected chi connectivity index (χ4v) is 2.19. The molecule has 0 spiro atoms. The van der Waals surface area contributed by atoms with Gasteiger partial charge in [-0.2, -0.15) is 5.10 Å². The first-order valence-electron chi connectivity index (χ1n) is 6.92. The molecule has 2 N–H and O–H groups in total. The summed E-state index contributed by atoms with van der Waals surface area (Å²) in [6.45, 7) is 5.30. The molecule has 0 saturated heterocycles. The van der Waals surface area contributed by atoms with Gasteiger partial charge in [-0.15, -0.1) is 0 Å². The molecule has 0 aliphatic heterocycles. The third kappa shape index (κ3) is 3.68. The number of aryl methyl sites for hydroxylation is 1. The summed E-state index contributed by atoms with van der Waals surface area (Å²) < 4.78 is 0. The van der Waals surface area contributed by atoms with Crippen molar-refractivity contribution in [2.75, 3.05) is 13.6 Å². The molecule has 0 saturated carbocycles. The number of H-pyrrole nitrogens is 1. The Morgan fingerprint density at radius 1 is 1.33 bits per heavy atom. The Morgan fingerprint density at radius 2 is 1.95 bits per heavy atom. The standard InChI is InChI=1S/C14H21N3O4/c1-5-9-10(6-2)15-16-12(18)11(9)13(19)17(4)7-8(3)14(20)21/h8H,5-7H2,1-4H3,(H,16,18)(H,20,21). The first kappa shape index (κ1) is 16.9. The Balaban J connectivity index is 3.18. The zero-order valence-electron chi connectivity index (χ0n) is 12.8. The SMILES string of the molecule is CCc1n[nH]c(=O)c(C(=O)N(C)CC(C)C(=O)O)c1CC. The minimum Gasteiger partial charge on any atom is -0.481 e. The van der Waals surface area contributed by atoms with Gasteiger partial charge in [0.1, 0.15) is 5.56 Å². The molecule has 1 aromatic heterocycles. The molecule has 0 aliphatic rings. The van der Waals surface area contributed by atoms with Gasteiger partial charge in [0.25, 0.3) is 11.5 Å². The number of rotatable bonds is 6. The van der Waals surface area contributed by atoms with Crippen molar-refractivity contribution >= 4 is 11.9 Å². The summed E-state index contributed by atoms with van der Waals surface area (Å²) in [6, 6.07) is 0. The first-order chi connectivity index (χ1) is 9.83. The minimum absolute atomic E-state index is 0.0422. The number of hydrogen-bond donors (Lipinski definition) is 2. The minimum atomic E-state index is -0.983. The number of carboxylic acid groups (broad SMARTS) is 1. The lowest BCUT2D eigenvalue weighted by molar-refractivity contribution is -0.141. The van der Waals surface area contributed by atoms with Crippen LogP contribution in [0, 0.1) is 5.92 Å². The predicted molar refractivity (Wildman–Crippen MR) is 77.4 cm³/mol. The zero-order chi connectivity index (χ0) is 16.2. The van der Waals surface area contributed by atoms with Crippen LogP contribution in [0.15, 0.2) is 4.79 Å². The van der Waals surface area contributed by atoms with Gasteiger partial charge in [-0.05, 0) is 18.4 Å². The van der Waals surface area contributed by atoms with Gasteiger partial charge in [0.05, 0.1) is 11.6 Å². The van der Waals surface area contributed by atoms with Crippen LogP contribution in [0.5, 0.6) is 0 Å². The number of carboxylic acids is 1. The monoisotopic (exact) mass is 295 g/mol. The Labute approximate surface area is 123 Å². The van der Waals surface area contributed by atoms with Crippen molar-refractivity contribution in [2.45, 2.75) is 33.6 Å². The molecular formula is C14H21N3O4. The van der Waals surface area contributed by atoms with Crippen LogP contribution in [0.3, 0.4) is 0 Å². The highest BCUT2D eigenvalue weighted by atomic mass is 16.4. The van der Waals surface area contributed by atoms with Gasteiger partial charge in [0.15, 0.2) is 0 Å². The number of aliphatic carboxylic acids is 1. The van der Waals surface area contributed by atoms with Crippen LogP contribution >= 0.6 is 0 Å². The van der Waals surface area contributed by atoms with E-state index in [9.17, 15) is 14.4 Å². The second kappa shape index (κ2) is 7.01. The average molecular weight is 295 g/mol. The lowest BCUT2D eigenvalue weighted by Crippen LogP contribution is -2.38. The fourth-order valence-electron chi connectivity index (χ4n) is 2.19. The van der Waals surface area contributed by atoms with E-state index in [0.29, 0.717) is 24.1 Å². The largest absolute Gasteiger partial charge is 0.481 e. The Hall–Kier alpha value is -2.18. The quantitative estimate of drug-likeness (QED) is 0.803. The van der Waals surface area contributed by atoms with Crippen molar-refractivity contribution < 1.29 is 14.7 Å². The van der Waals surface area contributed by atoms with E-state index in [4.69, 9.17) is 5.11 Å². The summed E-state index contributed by atoms with van der Waals surface area (Å²) in [6.07, 6.45) is 1.12. The molecule has 1 atom stereocenters. The lowest BCUT2D eigenvalue weighted by atomic mass is 10.0. The van der Waals surface area contributed by atoms with Gasteiger partial charge in [0, 0.05) is 13.6 Å². The fraction of sp³-hybridized carbons (Fsp3) is 0.571. The van der Waals surface area contributed by atoms with Crippen molar-refractivity contribution in [3.05, 3.63) is 27.2 Å². The van der Waals surface area contributed by atoms with E-state index in [1.807, 2.05) is 13.8 Å². The first-order valence-corrected chi connectivity index (χ1v) is 6.92. The van der Waals surface area contributed by atoms with E-state index in [0.717, 1.165) is 0 Å². The molecule has 0 bridgehead atoms. The lowest BCUT2D eigenvalue weighted by Gasteiger charge is -2.20. The predicted octanol–water partition coefficient (Wildman–Crippen LogP) is 0.687. The van der Waals surface area contributed by atoms with Crippen LogP contribution in [0.2, 0.25) is 0 Å². The van der Waals surface area contributed by atoms with Gasteiger partial charge in [-0.1, -0.05) is 20.8 Å². The van der Waals surface area contributed by atoms with Crippen LogP contribution < -0.4 is 5.56 Å². The smallest absolute Gasteiger partial charge is 0.308 e. The van der Waals surface area contributed by atoms with Gasteiger partial charge in [0.2, 0.25) is 0 Å². The summed E-state index contributed by atoms with van der Waals surface area (Å²) in [5, 5.41) is 15.2. The molecule has 7 nitrogen and oxygen atoms in total. The van der Waals surface area contributed by atoms with Crippen molar-refractivity contribution in [1.82, 2.24) is 15.1 Å². The molecule has 1 amide bonds. The second-order valence-electron chi connectivity index (χ2n) is 4.99. The molecule has 21 heavy (non-hydrogen) atoms. The Bertz CT molecular complexity index is 594. The maximum atomic E-state index is 12.5. The highest BCUT2D eigenvalue weighted by molar-refractivity contribution is 5.95. The average Bonchev–Trinajstić information content (AvgIpc) is 2.45. The number of nitrogens with one attached hydrogen (secondary N) is 1. The van der Waals surface area contributed by atoms with E-state index < -0.39 is 23.4 Å². The summed E-state index contributed by atoms with van der Waals surface area (Å²) in [5.74, 6) is -2.16. The van der Waals surface area contributed by atoms with Crippen LogP contribution in [0.1, 0.15) is 42.4 Å². The van der Waals surface area contributed by atoms with Gasteiger partial charge < -0.3 is 10.0 Å². The van der Waals surface area contributed by atoms with Crippen LogP contribution in [0.4, 0.5) is 0 Å². The van der Waals surface area contributed by atoms with Gasteiger partial charge in [-0.3, -0.25) is 14.4 Å². The Kier molecular flexibility index (Phi) is 5.63. The summed E-state index contributed by atoms with van der Waals surface area (Å²) in [5.41, 5.74) is 0.828. The highest BCUT2D eigenvalue weighted by Gasteiger charge is 2.24. The molecule has 0 aliphatic carbocycles. The highest BCUT2D eigenvalue weighted by Crippen LogP contribution is 2.13. The topological polar surface area (TPSA) is 103 Å². The summed E-state index contributed by atoms with van der Waals surface area (Å²) >= 11 is 0. The van der Waals surface area contributed by atoms with Gasteiger partial charge >= 0.3 is 5.97 Å².